The molecule has 10 N–H and O–H groups in total. The number of rotatable bonds is 5. The molecule has 178 valence electrons. The molecule has 0 aromatic heterocycles. The minimum Gasteiger partial charge on any atom is -0.872 e. The van der Waals surface area contributed by atoms with Crippen molar-refractivity contribution in [2.75, 3.05) is 13.1 Å². The minimum atomic E-state index is -4.48. The normalized spacial score (nSPS) is 10.8. The Hall–Kier alpha value is -3.28. The highest BCUT2D eigenvalue weighted by Crippen LogP contribution is 2.19. The number of carboxylic acids is 2. The zero-order valence-electron chi connectivity index (χ0n) is 16.2. The van der Waals surface area contributed by atoms with Crippen LogP contribution in [0.4, 0.5) is 0 Å². The second-order valence-electron chi connectivity index (χ2n) is 5.58. The first-order valence-corrected chi connectivity index (χ1v) is 11.1. The lowest BCUT2D eigenvalue weighted by molar-refractivity contribution is -0.453. The molecule has 0 aliphatic carbocycles. The Balaban J connectivity index is 0.000000515. The van der Waals surface area contributed by atoms with Crippen LogP contribution in [-0.2, 0) is 20.2 Å². The summed E-state index contributed by atoms with van der Waals surface area (Å²) in [5.74, 6) is -4.71. The summed E-state index contributed by atoms with van der Waals surface area (Å²) in [6.07, 6.45) is 0. The van der Waals surface area contributed by atoms with Crippen LogP contribution in [0.25, 0.3) is 0 Å². The van der Waals surface area contributed by atoms with Gasteiger partial charge >= 0.3 is 11.9 Å². The molecule has 2 rings (SSSR count). The molecule has 0 saturated heterocycles. The van der Waals surface area contributed by atoms with Gasteiger partial charge in [-0.3, -0.25) is 9.11 Å². The fourth-order valence-corrected chi connectivity index (χ4v) is 2.69. The Morgan fingerprint density at radius 3 is 1.19 bits per heavy atom. The summed E-state index contributed by atoms with van der Waals surface area (Å²) >= 11 is 0. The summed E-state index contributed by atoms with van der Waals surface area (Å²) in [7, 11) is -8.96. The van der Waals surface area contributed by atoms with Gasteiger partial charge in [-0.05, 0) is 24.3 Å². The topological polar surface area (TPSA) is 285 Å². The van der Waals surface area contributed by atoms with Crippen LogP contribution >= 0.6 is 0 Å². The highest BCUT2D eigenvalue weighted by molar-refractivity contribution is 7.86. The second kappa shape index (κ2) is 11.9. The van der Waals surface area contributed by atoms with Gasteiger partial charge in [0.15, 0.2) is 0 Å². The van der Waals surface area contributed by atoms with Crippen molar-refractivity contribution in [3.8, 4) is 11.5 Å². The first kappa shape index (κ1) is 28.7. The van der Waals surface area contributed by atoms with Gasteiger partial charge in [-0.25, -0.2) is 9.59 Å². The van der Waals surface area contributed by atoms with E-state index in [0.717, 1.165) is 37.4 Å². The van der Waals surface area contributed by atoms with E-state index >= 15 is 0 Å². The fraction of sp³-hybridized carbons (Fsp3) is 0.125. The lowest BCUT2D eigenvalue weighted by Gasteiger charge is -2.09. The number of aromatic carboxylic acids is 2. The van der Waals surface area contributed by atoms with Crippen LogP contribution in [0.2, 0.25) is 0 Å². The van der Waals surface area contributed by atoms with Gasteiger partial charge in [0.25, 0.3) is 20.2 Å². The van der Waals surface area contributed by atoms with Crippen LogP contribution in [0.15, 0.2) is 46.2 Å². The highest BCUT2D eigenvalue weighted by Gasteiger charge is 2.14. The molecule has 2 aromatic carbocycles. The summed E-state index contributed by atoms with van der Waals surface area (Å²) in [6, 6.07) is 4.44. The van der Waals surface area contributed by atoms with Crippen LogP contribution in [0.1, 0.15) is 20.7 Å². The average molecular weight is 496 g/mol. The summed E-state index contributed by atoms with van der Waals surface area (Å²) in [5.41, 5.74) is 5.69. The van der Waals surface area contributed by atoms with E-state index < -0.39 is 64.6 Å². The summed E-state index contributed by atoms with van der Waals surface area (Å²) < 4.78 is 59.4. The van der Waals surface area contributed by atoms with Crippen LogP contribution in [0.5, 0.6) is 11.5 Å². The Morgan fingerprint density at radius 2 is 1.00 bits per heavy atom. The van der Waals surface area contributed by atoms with E-state index in [2.05, 4.69) is 11.5 Å². The third-order valence-corrected chi connectivity index (χ3v) is 4.91. The molecule has 0 saturated carbocycles. The molecule has 0 heterocycles. The molecule has 32 heavy (non-hydrogen) atoms. The van der Waals surface area contributed by atoms with E-state index in [1.807, 2.05) is 0 Å². The average Bonchev–Trinajstić information content (AvgIpc) is 2.67. The van der Waals surface area contributed by atoms with Crippen molar-refractivity contribution >= 4 is 32.2 Å². The molecule has 0 amide bonds. The van der Waals surface area contributed by atoms with Gasteiger partial charge in [-0.1, -0.05) is 23.6 Å². The van der Waals surface area contributed by atoms with E-state index in [0.29, 0.717) is 12.1 Å². The minimum absolute atomic E-state index is 0.611. The van der Waals surface area contributed by atoms with Crippen molar-refractivity contribution in [3.05, 3.63) is 47.5 Å². The maximum absolute atomic E-state index is 10.9. The Bertz CT molecular complexity index is 1080. The van der Waals surface area contributed by atoms with Crippen molar-refractivity contribution in [2.24, 2.45) is 0 Å². The second-order valence-corrected chi connectivity index (χ2v) is 8.43. The first-order valence-electron chi connectivity index (χ1n) is 8.18. The molecule has 2 aromatic rings. The van der Waals surface area contributed by atoms with Crippen molar-refractivity contribution in [3.63, 3.8) is 0 Å². The molecular weight excluding hydrogens is 476 g/mol. The van der Waals surface area contributed by atoms with Crippen LogP contribution in [-0.4, -0.2) is 61.2 Å². The van der Waals surface area contributed by atoms with Crippen molar-refractivity contribution in [1.82, 2.24) is 0 Å². The molecule has 0 aliphatic rings. The van der Waals surface area contributed by atoms with E-state index in [4.69, 9.17) is 19.3 Å². The van der Waals surface area contributed by atoms with Crippen LogP contribution in [0, 0.1) is 0 Å². The van der Waals surface area contributed by atoms with Crippen LogP contribution in [0.3, 0.4) is 0 Å². The molecular formula is C16H20N2O12S2. The van der Waals surface area contributed by atoms with Crippen molar-refractivity contribution < 1.29 is 67.4 Å². The predicted octanol–water partition coefficient (Wildman–Crippen LogP) is -3.12. The van der Waals surface area contributed by atoms with Gasteiger partial charge in [0.05, 0.1) is 20.9 Å². The smallest absolute Gasteiger partial charge is 0.335 e. The predicted molar refractivity (Wildman–Crippen MR) is 101 cm³/mol. The Labute approximate surface area is 181 Å². The fourth-order valence-electron chi connectivity index (χ4n) is 1.67. The quantitative estimate of drug-likeness (QED) is 0.224. The molecule has 0 aliphatic heterocycles. The molecule has 0 unspecified atom stereocenters. The van der Waals surface area contributed by atoms with Gasteiger partial charge in [-0.15, -0.1) is 0 Å². The molecule has 0 spiro atoms. The van der Waals surface area contributed by atoms with E-state index in [1.54, 1.807) is 0 Å². The summed E-state index contributed by atoms with van der Waals surface area (Å²) in [6.45, 7) is 1.92. The van der Waals surface area contributed by atoms with Gasteiger partial charge < -0.3 is 31.9 Å². The zero-order valence-corrected chi connectivity index (χ0v) is 17.8. The number of hydrogen-bond acceptors (Lipinski definition) is 8. The van der Waals surface area contributed by atoms with Gasteiger partial charge in [0.1, 0.15) is 13.1 Å². The van der Waals surface area contributed by atoms with E-state index in [-0.39, 0.29) is 0 Å². The highest BCUT2D eigenvalue weighted by atomic mass is 32.2. The largest absolute Gasteiger partial charge is 0.872 e. The lowest BCUT2D eigenvalue weighted by Crippen LogP contribution is -2.64. The first-order chi connectivity index (χ1) is 14.6. The van der Waals surface area contributed by atoms with Gasteiger partial charge in [0, 0.05) is 0 Å². The summed E-state index contributed by atoms with van der Waals surface area (Å²) in [5, 5.41) is 38.7. The number of quaternary nitrogens is 2. The standard InChI is InChI=1S/2C7H6O6S.C2H8N2/c2*8-6-2-1-4(14(11,12)13)3-5(6)7(9)10;3-1-2-4/h2*1-3,8H,(H,9,10)(H,11,12,13);1-4H2. The zero-order chi connectivity index (χ0) is 25.3. The maximum Gasteiger partial charge on any atom is 0.335 e. The Morgan fingerprint density at radius 1 is 0.719 bits per heavy atom. The number of carbonyl (C=O) groups is 2. The number of hydrogen-bond donors (Lipinski definition) is 6. The molecule has 0 radical (unpaired) electrons. The maximum atomic E-state index is 10.9. The summed E-state index contributed by atoms with van der Waals surface area (Å²) in [4.78, 5) is 19.6. The molecule has 16 heteroatoms. The van der Waals surface area contributed by atoms with Crippen LogP contribution < -0.4 is 21.7 Å². The van der Waals surface area contributed by atoms with E-state index in [9.17, 15) is 36.6 Å². The third kappa shape index (κ3) is 9.25. The monoisotopic (exact) mass is 496 g/mol. The third-order valence-electron chi connectivity index (χ3n) is 3.21. The number of benzene rings is 2. The van der Waals surface area contributed by atoms with Crippen molar-refractivity contribution in [1.29, 1.82) is 0 Å². The van der Waals surface area contributed by atoms with E-state index in [1.165, 1.54) is 0 Å². The lowest BCUT2D eigenvalue weighted by atomic mass is 10.2. The molecule has 0 bridgehead atoms. The van der Waals surface area contributed by atoms with Gasteiger partial charge in [-0.2, -0.15) is 16.8 Å². The molecule has 0 fully saturated rings. The molecule has 14 nitrogen and oxygen atoms in total. The van der Waals surface area contributed by atoms with Gasteiger partial charge in [0.2, 0.25) is 0 Å². The Kier molecular flexibility index (Phi) is 10.7. The van der Waals surface area contributed by atoms with Crippen molar-refractivity contribution in [2.45, 2.75) is 9.79 Å². The SMILES string of the molecule is O=C(O)c1cc(S(=O)(=O)O)ccc1[O-].O=C(O)c1cc(S(=O)(=O)O)ccc1[O-].[NH3+]CC[NH3+]. The molecule has 0 atom stereocenters. The number of carboxylic acid groups (broad SMARTS) is 2.